The number of anilines is 1. The van der Waals surface area contributed by atoms with Gasteiger partial charge >= 0.3 is 0 Å². The van der Waals surface area contributed by atoms with Crippen LogP contribution in [0.3, 0.4) is 0 Å². The third-order valence-electron chi connectivity index (χ3n) is 8.13. The molecule has 0 saturated carbocycles. The molecule has 4 rings (SSSR count). The molecule has 3 aromatic carbocycles. The molecule has 0 radical (unpaired) electrons. The van der Waals surface area contributed by atoms with Crippen molar-refractivity contribution in [3.63, 3.8) is 0 Å². The second-order valence-corrected chi connectivity index (χ2v) is 11.1. The summed E-state index contributed by atoms with van der Waals surface area (Å²) in [6.45, 7) is 8.55. The molecule has 0 heterocycles. The van der Waals surface area contributed by atoms with Crippen LogP contribution in [0.15, 0.2) is 60.7 Å². The average molecular weight is 577 g/mol. The molecule has 1 unspecified atom stereocenters. The van der Waals surface area contributed by atoms with Crippen molar-refractivity contribution in [2.45, 2.75) is 45.1 Å². The van der Waals surface area contributed by atoms with Crippen molar-refractivity contribution in [2.75, 3.05) is 72.2 Å². The van der Waals surface area contributed by atoms with Crippen LogP contribution >= 0.6 is 0 Å². The number of hydrogen-bond donors (Lipinski definition) is 1. The van der Waals surface area contributed by atoms with Crippen molar-refractivity contribution >= 4 is 5.69 Å². The van der Waals surface area contributed by atoms with Crippen LogP contribution in [0, 0.1) is 0 Å². The molecule has 0 bridgehead atoms. The fraction of sp³-hybridized carbons (Fsp3) is 0.486. The summed E-state index contributed by atoms with van der Waals surface area (Å²) in [5, 5.41) is 9.94. The van der Waals surface area contributed by atoms with Crippen molar-refractivity contribution in [2.24, 2.45) is 0 Å². The van der Waals surface area contributed by atoms with E-state index in [1.54, 1.807) is 21.3 Å². The molecule has 0 spiro atoms. The Bertz CT molecular complexity index is 1220. The molecular formula is C35H48N2O5. The minimum Gasteiger partial charge on any atom is -0.508 e. The summed E-state index contributed by atoms with van der Waals surface area (Å²) in [4.78, 5) is 4.79. The zero-order valence-electron chi connectivity index (χ0n) is 25.8. The highest BCUT2D eigenvalue weighted by molar-refractivity contribution is 5.60. The number of aryl methyl sites for hydroxylation is 1. The molecule has 228 valence electrons. The Labute approximate surface area is 252 Å². The SMILES string of the molecule is CCCN(Cc1ccc(OCCN(CCOC)CCOC)cc1)c1cc(OC)ccc1C1CCc2cc(O)ccc2C1. The summed E-state index contributed by atoms with van der Waals surface area (Å²) in [5.41, 5.74) is 6.47. The predicted octanol–water partition coefficient (Wildman–Crippen LogP) is 6.06. The van der Waals surface area contributed by atoms with E-state index in [-0.39, 0.29) is 0 Å². The van der Waals surface area contributed by atoms with Crippen LogP contribution in [0.2, 0.25) is 0 Å². The van der Waals surface area contributed by atoms with Crippen molar-refractivity contribution in [1.82, 2.24) is 4.90 Å². The first-order valence-corrected chi connectivity index (χ1v) is 15.2. The normalized spacial score (nSPS) is 14.5. The van der Waals surface area contributed by atoms with E-state index in [4.69, 9.17) is 18.9 Å². The van der Waals surface area contributed by atoms with Gasteiger partial charge in [-0.25, -0.2) is 0 Å². The van der Waals surface area contributed by atoms with Gasteiger partial charge < -0.3 is 29.0 Å². The number of fused-ring (bicyclic) bond motifs is 1. The Morgan fingerprint density at radius 3 is 2.19 bits per heavy atom. The van der Waals surface area contributed by atoms with Gasteiger partial charge in [-0.2, -0.15) is 0 Å². The highest BCUT2D eigenvalue weighted by atomic mass is 16.5. The lowest BCUT2D eigenvalue weighted by Gasteiger charge is -2.32. The van der Waals surface area contributed by atoms with Crippen LogP contribution in [0.5, 0.6) is 17.2 Å². The number of aromatic hydroxyl groups is 1. The Morgan fingerprint density at radius 2 is 1.50 bits per heavy atom. The molecule has 1 aliphatic carbocycles. The number of benzene rings is 3. The number of phenolic OH excluding ortho intramolecular Hbond substituents is 1. The molecule has 0 aromatic heterocycles. The standard InChI is InChI=1S/C35H48N2O5/c1-5-16-37(26-27-6-12-32(13-7-27)42-22-19-36(17-20-39-2)18-21-40-3)35-25-33(41-4)14-15-34(35)30-9-8-29-24-31(38)11-10-28(29)23-30/h6-7,10-15,24-25,30,38H,5,8-9,16-23,26H2,1-4H3. The van der Waals surface area contributed by atoms with Crippen LogP contribution in [-0.2, 0) is 28.9 Å². The fourth-order valence-electron chi connectivity index (χ4n) is 5.81. The van der Waals surface area contributed by atoms with Gasteiger partial charge in [-0.15, -0.1) is 0 Å². The Balaban J connectivity index is 1.45. The van der Waals surface area contributed by atoms with E-state index in [0.29, 0.717) is 31.5 Å². The quantitative estimate of drug-likeness (QED) is 0.210. The van der Waals surface area contributed by atoms with Crippen molar-refractivity contribution in [1.29, 1.82) is 0 Å². The number of hydrogen-bond acceptors (Lipinski definition) is 7. The summed E-state index contributed by atoms with van der Waals surface area (Å²) < 4.78 is 22.2. The molecule has 42 heavy (non-hydrogen) atoms. The maximum atomic E-state index is 9.94. The Kier molecular flexibility index (Phi) is 12.4. The first-order chi connectivity index (χ1) is 20.5. The maximum Gasteiger partial charge on any atom is 0.120 e. The van der Waals surface area contributed by atoms with Crippen LogP contribution in [0.1, 0.15) is 47.9 Å². The van der Waals surface area contributed by atoms with E-state index in [1.165, 1.54) is 27.9 Å². The molecule has 7 nitrogen and oxygen atoms in total. The van der Waals surface area contributed by atoms with E-state index in [0.717, 1.165) is 69.9 Å². The number of phenols is 1. The fourth-order valence-corrected chi connectivity index (χ4v) is 5.81. The minimum absolute atomic E-state index is 0.356. The van der Waals surface area contributed by atoms with E-state index < -0.39 is 0 Å². The molecule has 0 saturated heterocycles. The Morgan fingerprint density at radius 1 is 0.786 bits per heavy atom. The van der Waals surface area contributed by atoms with Crippen LogP contribution in [-0.4, -0.2) is 77.3 Å². The zero-order chi connectivity index (χ0) is 29.7. The highest BCUT2D eigenvalue weighted by Gasteiger charge is 2.25. The zero-order valence-corrected chi connectivity index (χ0v) is 25.8. The topological polar surface area (TPSA) is 63.6 Å². The van der Waals surface area contributed by atoms with Gasteiger partial charge in [0.25, 0.3) is 0 Å². The van der Waals surface area contributed by atoms with Gasteiger partial charge in [-0.1, -0.05) is 31.2 Å². The third kappa shape index (κ3) is 8.87. The molecule has 1 atom stereocenters. The highest BCUT2D eigenvalue weighted by Crippen LogP contribution is 2.40. The minimum atomic E-state index is 0.356. The summed E-state index contributed by atoms with van der Waals surface area (Å²) in [6, 6.07) is 20.9. The molecule has 0 aliphatic heterocycles. The number of nitrogens with zero attached hydrogens (tertiary/aromatic N) is 2. The maximum absolute atomic E-state index is 9.94. The summed E-state index contributed by atoms with van der Waals surface area (Å²) in [5.74, 6) is 2.54. The second kappa shape index (κ2) is 16.4. The monoisotopic (exact) mass is 576 g/mol. The van der Waals surface area contributed by atoms with E-state index in [1.807, 2.05) is 12.1 Å². The number of ether oxygens (including phenoxy) is 4. The largest absolute Gasteiger partial charge is 0.508 e. The second-order valence-electron chi connectivity index (χ2n) is 11.1. The van der Waals surface area contributed by atoms with Crippen molar-refractivity contribution in [3.8, 4) is 17.2 Å². The van der Waals surface area contributed by atoms with Crippen LogP contribution < -0.4 is 14.4 Å². The lowest BCUT2D eigenvalue weighted by atomic mass is 9.79. The molecule has 3 aromatic rings. The number of methoxy groups -OCH3 is 3. The van der Waals surface area contributed by atoms with Gasteiger partial charge in [-0.05, 0) is 84.2 Å². The molecule has 1 aliphatic rings. The molecular weight excluding hydrogens is 528 g/mol. The summed E-state index contributed by atoms with van der Waals surface area (Å²) >= 11 is 0. The van der Waals surface area contributed by atoms with E-state index in [2.05, 4.69) is 65.3 Å². The van der Waals surface area contributed by atoms with Gasteiger partial charge in [0.15, 0.2) is 0 Å². The van der Waals surface area contributed by atoms with Gasteiger partial charge in [0, 0.05) is 58.7 Å². The third-order valence-corrected chi connectivity index (χ3v) is 8.13. The predicted molar refractivity (Wildman–Crippen MR) is 169 cm³/mol. The molecule has 0 amide bonds. The first kappa shape index (κ1) is 31.7. The summed E-state index contributed by atoms with van der Waals surface area (Å²) in [6.07, 6.45) is 4.07. The molecule has 7 heteroatoms. The molecule has 0 fully saturated rings. The van der Waals surface area contributed by atoms with E-state index in [9.17, 15) is 5.11 Å². The first-order valence-electron chi connectivity index (χ1n) is 15.2. The molecule has 1 N–H and O–H groups in total. The van der Waals surface area contributed by atoms with Gasteiger partial charge in [0.05, 0.1) is 20.3 Å². The van der Waals surface area contributed by atoms with Crippen LogP contribution in [0.25, 0.3) is 0 Å². The van der Waals surface area contributed by atoms with Crippen molar-refractivity contribution in [3.05, 3.63) is 82.9 Å². The Hall–Kier alpha value is -3.26. The van der Waals surface area contributed by atoms with E-state index >= 15 is 0 Å². The number of rotatable bonds is 17. The average Bonchev–Trinajstić information content (AvgIpc) is 3.02. The smallest absolute Gasteiger partial charge is 0.120 e. The van der Waals surface area contributed by atoms with Gasteiger partial charge in [0.2, 0.25) is 0 Å². The summed E-state index contributed by atoms with van der Waals surface area (Å²) in [7, 11) is 5.19. The van der Waals surface area contributed by atoms with Gasteiger partial charge in [-0.3, -0.25) is 4.90 Å². The lowest BCUT2D eigenvalue weighted by Crippen LogP contribution is -2.34. The van der Waals surface area contributed by atoms with Gasteiger partial charge in [0.1, 0.15) is 23.9 Å². The van der Waals surface area contributed by atoms with Crippen molar-refractivity contribution < 1.29 is 24.1 Å². The van der Waals surface area contributed by atoms with Crippen LogP contribution in [0.4, 0.5) is 5.69 Å². The lowest BCUT2D eigenvalue weighted by molar-refractivity contribution is 0.104.